The second-order valence-electron chi connectivity index (χ2n) is 6.58. The van der Waals surface area contributed by atoms with Crippen molar-refractivity contribution in [1.29, 1.82) is 0 Å². The highest BCUT2D eigenvalue weighted by Crippen LogP contribution is 2.41. The molecule has 14 heteroatoms. The Morgan fingerprint density at radius 1 is 1.47 bits per heavy atom. The molecule has 0 bridgehead atoms. The van der Waals surface area contributed by atoms with Crippen LogP contribution in [0.2, 0.25) is 0 Å². The summed E-state index contributed by atoms with van der Waals surface area (Å²) >= 11 is 4.02. The van der Waals surface area contributed by atoms with Gasteiger partial charge < -0.3 is 20.7 Å². The Balaban J connectivity index is 1.44. The number of carboxylic acid groups (broad SMARTS) is 1. The van der Waals surface area contributed by atoms with Gasteiger partial charge in [0.2, 0.25) is 5.91 Å². The molecule has 0 aromatic carbocycles. The van der Waals surface area contributed by atoms with Crippen LogP contribution in [0.3, 0.4) is 0 Å². The maximum absolute atomic E-state index is 12.7. The van der Waals surface area contributed by atoms with Crippen molar-refractivity contribution in [2.45, 2.75) is 23.0 Å². The van der Waals surface area contributed by atoms with Gasteiger partial charge in [0, 0.05) is 23.9 Å². The van der Waals surface area contributed by atoms with E-state index in [0.717, 1.165) is 0 Å². The molecule has 0 radical (unpaired) electrons. The van der Waals surface area contributed by atoms with E-state index in [9.17, 15) is 19.5 Å². The first-order valence-electron chi connectivity index (χ1n) is 8.71. The van der Waals surface area contributed by atoms with Gasteiger partial charge >= 0.3 is 5.97 Å². The predicted molar refractivity (Wildman–Crippen MR) is 112 cm³/mol. The van der Waals surface area contributed by atoms with Crippen molar-refractivity contribution in [3.8, 4) is 0 Å². The van der Waals surface area contributed by atoms with Crippen LogP contribution < -0.4 is 11.1 Å². The number of carbonyl (C=O) groups is 3. The van der Waals surface area contributed by atoms with Crippen molar-refractivity contribution >= 4 is 57.8 Å². The van der Waals surface area contributed by atoms with Crippen molar-refractivity contribution in [2.24, 2.45) is 7.05 Å². The number of β-lactam (4-membered cyclic amide) rings is 1. The highest BCUT2D eigenvalue weighted by Gasteiger charge is 2.54. The molecule has 0 aliphatic carbocycles. The van der Waals surface area contributed by atoms with Crippen molar-refractivity contribution in [1.82, 2.24) is 30.0 Å². The monoisotopic (exact) mass is 467 g/mol. The van der Waals surface area contributed by atoms with Gasteiger partial charge in [0.1, 0.15) is 23.4 Å². The first-order chi connectivity index (χ1) is 14.3. The Hall–Kier alpha value is -2.58. The van der Waals surface area contributed by atoms with E-state index in [-0.39, 0.29) is 18.0 Å². The molecule has 0 spiro atoms. The van der Waals surface area contributed by atoms with Crippen LogP contribution >= 0.6 is 34.9 Å². The largest absolute Gasteiger partial charge is 0.477 e. The molecule has 1 fully saturated rings. The van der Waals surface area contributed by atoms with E-state index in [2.05, 4.69) is 20.5 Å². The quantitative estimate of drug-likeness (QED) is 0.372. The number of anilines is 1. The SMILES string of the molecule is Cn1cnnc1SCC1=C(C(=O)O)N2C(=O)C(NC(=O)Cc3csc(N)n3)[C@@H]2SC1. The molecule has 1 saturated heterocycles. The lowest BCUT2D eigenvalue weighted by Crippen LogP contribution is -2.70. The molecule has 2 amide bonds. The van der Waals surface area contributed by atoms with Gasteiger partial charge in [-0.15, -0.1) is 33.3 Å². The average Bonchev–Trinajstić information content (AvgIpc) is 3.31. The highest BCUT2D eigenvalue weighted by atomic mass is 32.2. The number of thiazole rings is 1. The van der Waals surface area contributed by atoms with Gasteiger partial charge in [-0.1, -0.05) is 11.8 Å². The molecule has 1 unspecified atom stereocenters. The summed E-state index contributed by atoms with van der Waals surface area (Å²) in [4.78, 5) is 42.1. The summed E-state index contributed by atoms with van der Waals surface area (Å²) in [6, 6.07) is -0.763. The molecule has 4 rings (SSSR count). The maximum atomic E-state index is 12.7. The number of nitrogens with one attached hydrogen (secondary N) is 1. The normalized spacial score (nSPS) is 20.7. The number of aromatic nitrogens is 4. The molecule has 2 aromatic rings. The second-order valence-corrected chi connectivity index (χ2v) is 9.52. The third-order valence-corrected chi connectivity index (χ3v) is 7.71. The van der Waals surface area contributed by atoms with Gasteiger partial charge in [-0.05, 0) is 5.57 Å². The van der Waals surface area contributed by atoms with Crippen molar-refractivity contribution in [3.63, 3.8) is 0 Å². The molecule has 2 atom stereocenters. The minimum atomic E-state index is -1.16. The zero-order valence-corrected chi connectivity index (χ0v) is 18.1. The number of hydrogen-bond donors (Lipinski definition) is 3. The number of nitrogen functional groups attached to an aromatic ring is 1. The fourth-order valence-electron chi connectivity index (χ4n) is 3.14. The number of nitrogens with two attached hydrogens (primary N) is 1. The molecular weight excluding hydrogens is 450 g/mol. The summed E-state index contributed by atoms with van der Waals surface area (Å²) < 4.78 is 1.74. The molecule has 11 nitrogen and oxygen atoms in total. The van der Waals surface area contributed by atoms with Gasteiger partial charge in [-0.3, -0.25) is 14.5 Å². The van der Waals surface area contributed by atoms with Crippen LogP contribution in [-0.2, 0) is 27.9 Å². The predicted octanol–water partition coefficient (Wildman–Crippen LogP) is -0.0728. The third-order valence-electron chi connectivity index (χ3n) is 4.52. The number of rotatable bonds is 7. The summed E-state index contributed by atoms with van der Waals surface area (Å²) in [5.74, 6) is -1.14. The van der Waals surface area contributed by atoms with E-state index in [0.29, 0.717) is 33.1 Å². The second kappa shape index (κ2) is 8.28. The van der Waals surface area contributed by atoms with Crippen LogP contribution in [0.4, 0.5) is 5.13 Å². The van der Waals surface area contributed by atoms with Gasteiger partial charge in [0.25, 0.3) is 5.91 Å². The molecular formula is C16H17N7O4S3. The van der Waals surface area contributed by atoms with Crippen LogP contribution in [-0.4, -0.2) is 70.5 Å². The van der Waals surface area contributed by atoms with E-state index >= 15 is 0 Å². The first-order valence-corrected chi connectivity index (χ1v) is 11.6. The molecule has 0 saturated carbocycles. The van der Waals surface area contributed by atoms with Gasteiger partial charge in [0.05, 0.1) is 12.1 Å². The average molecular weight is 468 g/mol. The molecule has 4 N–H and O–H groups in total. The third kappa shape index (κ3) is 3.89. The molecule has 158 valence electrons. The Morgan fingerprint density at radius 3 is 2.90 bits per heavy atom. The lowest BCUT2D eigenvalue weighted by Gasteiger charge is -2.49. The summed E-state index contributed by atoms with van der Waals surface area (Å²) in [5.41, 5.74) is 6.71. The van der Waals surface area contributed by atoms with Gasteiger partial charge in [-0.25, -0.2) is 9.78 Å². The van der Waals surface area contributed by atoms with E-state index < -0.39 is 23.3 Å². The number of fused-ring (bicyclic) bond motifs is 1. The number of amides is 2. The minimum absolute atomic E-state index is 0.0100. The Bertz CT molecular complexity index is 1050. The number of thioether (sulfide) groups is 2. The fourth-order valence-corrected chi connectivity index (χ4v) is 6.08. The van der Waals surface area contributed by atoms with E-state index in [1.54, 1.807) is 23.3 Å². The summed E-state index contributed by atoms with van der Waals surface area (Å²) in [7, 11) is 1.80. The zero-order valence-electron chi connectivity index (χ0n) is 15.6. The number of carbonyl (C=O) groups excluding carboxylic acids is 2. The van der Waals surface area contributed by atoms with Crippen molar-refractivity contribution < 1.29 is 19.5 Å². The van der Waals surface area contributed by atoms with E-state index in [4.69, 9.17) is 5.73 Å². The maximum Gasteiger partial charge on any atom is 0.352 e. The molecule has 2 aliphatic heterocycles. The lowest BCUT2D eigenvalue weighted by molar-refractivity contribution is -0.150. The van der Waals surface area contributed by atoms with E-state index in [1.165, 1.54) is 39.8 Å². The summed E-state index contributed by atoms with van der Waals surface area (Å²) in [5, 5.41) is 22.4. The number of carboxylic acids is 1. The molecule has 2 aromatic heterocycles. The van der Waals surface area contributed by atoms with Crippen LogP contribution in [0.25, 0.3) is 0 Å². The minimum Gasteiger partial charge on any atom is -0.477 e. The standard InChI is InChI=1S/C16H17N7O4S3/c1-22-6-18-21-16(22)30-4-7-3-28-13-10(12(25)23(13)11(7)14(26)27)20-9(24)2-8-5-29-15(17)19-8/h5-6,10,13H,2-4H2,1H3,(H2,17,19)(H,20,24)(H,26,27)/t10?,13-/m0/s1. The van der Waals surface area contributed by atoms with Crippen molar-refractivity contribution in [3.05, 3.63) is 28.7 Å². The number of hydrogen-bond acceptors (Lipinski definition) is 10. The van der Waals surface area contributed by atoms with Crippen LogP contribution in [0.1, 0.15) is 5.69 Å². The molecule has 30 heavy (non-hydrogen) atoms. The smallest absolute Gasteiger partial charge is 0.352 e. The molecule has 4 heterocycles. The summed E-state index contributed by atoms with van der Waals surface area (Å²) in [6.45, 7) is 0. The van der Waals surface area contributed by atoms with Crippen molar-refractivity contribution in [2.75, 3.05) is 17.2 Å². The topological polar surface area (TPSA) is 156 Å². The lowest BCUT2D eigenvalue weighted by atomic mass is 10.0. The summed E-state index contributed by atoms with van der Waals surface area (Å²) in [6.07, 6.45) is 1.57. The van der Waals surface area contributed by atoms with Gasteiger partial charge in [-0.2, -0.15) is 0 Å². The Labute approximate surface area is 183 Å². The first kappa shape index (κ1) is 20.7. The number of aryl methyl sites for hydroxylation is 1. The van der Waals surface area contributed by atoms with Gasteiger partial charge in [0.15, 0.2) is 10.3 Å². The Morgan fingerprint density at radius 2 is 2.27 bits per heavy atom. The van der Waals surface area contributed by atoms with Crippen LogP contribution in [0, 0.1) is 0 Å². The van der Waals surface area contributed by atoms with E-state index in [1.807, 2.05) is 0 Å². The Kier molecular flexibility index (Phi) is 5.71. The number of nitrogens with zero attached hydrogens (tertiary/aromatic N) is 5. The van der Waals surface area contributed by atoms with Crippen LogP contribution in [0.15, 0.2) is 28.1 Å². The zero-order chi connectivity index (χ0) is 21.4. The highest BCUT2D eigenvalue weighted by molar-refractivity contribution is 8.01. The molecule has 2 aliphatic rings. The fraction of sp³-hybridized carbons (Fsp3) is 0.375. The number of aliphatic carboxylic acids is 1. The van der Waals surface area contributed by atoms with Crippen LogP contribution in [0.5, 0.6) is 0 Å².